The van der Waals surface area contributed by atoms with Crippen molar-refractivity contribution >= 4 is 16.9 Å². The number of aliphatic hydroxyl groups is 2. The van der Waals surface area contributed by atoms with Gasteiger partial charge in [0.25, 0.3) is 5.91 Å². The lowest BCUT2D eigenvalue weighted by molar-refractivity contribution is 0.0656. The molecule has 1 amide bonds. The van der Waals surface area contributed by atoms with Crippen LogP contribution in [0.25, 0.3) is 11.0 Å². The number of para-hydroxylation sites is 1. The van der Waals surface area contributed by atoms with Gasteiger partial charge in [-0.1, -0.05) is 18.2 Å². The smallest absolute Gasteiger partial charge is 0.289 e. The Kier molecular flexibility index (Phi) is 3.96. The van der Waals surface area contributed by atoms with Gasteiger partial charge in [-0.3, -0.25) is 4.79 Å². The van der Waals surface area contributed by atoms with Gasteiger partial charge >= 0.3 is 0 Å². The maximum atomic E-state index is 12.1. The van der Waals surface area contributed by atoms with Crippen LogP contribution < -0.4 is 0 Å². The summed E-state index contributed by atoms with van der Waals surface area (Å²) in [5.74, 6) is -0.104. The molecule has 2 N–H and O–H groups in total. The lowest BCUT2D eigenvalue weighted by Gasteiger charge is -2.18. The summed E-state index contributed by atoms with van der Waals surface area (Å²) in [7, 11) is 0. The zero-order chi connectivity index (χ0) is 13.0. The molecule has 1 aromatic heterocycles. The van der Waals surface area contributed by atoms with Crippen LogP contribution in [0.2, 0.25) is 0 Å². The first-order valence-corrected chi connectivity index (χ1v) is 5.76. The van der Waals surface area contributed by atoms with Gasteiger partial charge in [0.2, 0.25) is 0 Å². The molecule has 0 unspecified atom stereocenters. The van der Waals surface area contributed by atoms with Crippen molar-refractivity contribution in [2.24, 2.45) is 0 Å². The van der Waals surface area contributed by atoms with Crippen molar-refractivity contribution in [3.63, 3.8) is 0 Å². The first-order chi connectivity index (χ1) is 8.76. The van der Waals surface area contributed by atoms with Crippen molar-refractivity contribution in [3.05, 3.63) is 36.1 Å². The zero-order valence-corrected chi connectivity index (χ0v) is 9.87. The molecule has 0 spiro atoms. The van der Waals surface area contributed by atoms with E-state index in [2.05, 4.69) is 0 Å². The van der Waals surface area contributed by atoms with Gasteiger partial charge in [0.05, 0.1) is 13.2 Å². The number of carbonyl (C=O) groups is 1. The number of nitrogens with zero attached hydrogens (tertiary/aromatic N) is 1. The van der Waals surface area contributed by atoms with Crippen LogP contribution >= 0.6 is 0 Å². The highest BCUT2D eigenvalue weighted by atomic mass is 16.3. The third kappa shape index (κ3) is 2.52. The molecule has 2 aromatic rings. The monoisotopic (exact) mass is 249 g/mol. The Hall–Kier alpha value is -1.85. The fourth-order valence-corrected chi connectivity index (χ4v) is 1.80. The standard InChI is InChI=1S/C13H15NO4/c15-7-5-14(6-8-16)13(17)12-9-10-3-1-2-4-11(10)18-12/h1-4,9,15-16H,5-8H2. The molecule has 1 aromatic carbocycles. The molecule has 0 aliphatic rings. The second-order valence-electron chi connectivity index (χ2n) is 3.89. The molecule has 2 rings (SSSR count). The Morgan fingerprint density at radius 1 is 1.17 bits per heavy atom. The molecule has 0 radical (unpaired) electrons. The number of aliphatic hydroxyl groups excluding tert-OH is 2. The van der Waals surface area contributed by atoms with E-state index in [4.69, 9.17) is 14.6 Å². The van der Waals surface area contributed by atoms with Crippen LogP contribution in [-0.4, -0.2) is 47.3 Å². The third-order valence-corrected chi connectivity index (χ3v) is 2.66. The molecule has 0 aliphatic heterocycles. The fourth-order valence-electron chi connectivity index (χ4n) is 1.80. The largest absolute Gasteiger partial charge is 0.451 e. The Morgan fingerprint density at radius 3 is 2.44 bits per heavy atom. The van der Waals surface area contributed by atoms with Gasteiger partial charge in [0.1, 0.15) is 5.58 Å². The summed E-state index contributed by atoms with van der Waals surface area (Å²) < 4.78 is 5.45. The van der Waals surface area contributed by atoms with E-state index in [0.717, 1.165) is 5.39 Å². The normalized spacial score (nSPS) is 10.8. The lowest BCUT2D eigenvalue weighted by Crippen LogP contribution is -2.35. The van der Waals surface area contributed by atoms with Crippen molar-refractivity contribution in [2.75, 3.05) is 26.3 Å². The molecule has 1 heterocycles. The summed E-state index contributed by atoms with van der Waals surface area (Å²) in [4.78, 5) is 13.5. The van der Waals surface area contributed by atoms with Gasteiger partial charge < -0.3 is 19.5 Å². The minimum Gasteiger partial charge on any atom is -0.451 e. The van der Waals surface area contributed by atoms with Crippen LogP contribution in [0.15, 0.2) is 34.7 Å². The van der Waals surface area contributed by atoms with Crippen LogP contribution in [0.3, 0.4) is 0 Å². The number of carbonyl (C=O) groups excluding carboxylic acids is 1. The van der Waals surface area contributed by atoms with Crippen molar-refractivity contribution < 1.29 is 19.4 Å². The topological polar surface area (TPSA) is 73.9 Å². The number of hydrogen-bond acceptors (Lipinski definition) is 4. The van der Waals surface area contributed by atoms with Crippen LogP contribution in [-0.2, 0) is 0 Å². The highest BCUT2D eigenvalue weighted by Gasteiger charge is 2.18. The molecular formula is C13H15NO4. The van der Waals surface area contributed by atoms with E-state index < -0.39 is 0 Å². The van der Waals surface area contributed by atoms with Crippen molar-refractivity contribution in [1.82, 2.24) is 4.90 Å². The number of rotatable bonds is 5. The third-order valence-electron chi connectivity index (χ3n) is 2.66. The van der Waals surface area contributed by atoms with Gasteiger partial charge in [0.15, 0.2) is 5.76 Å². The fraction of sp³-hybridized carbons (Fsp3) is 0.308. The zero-order valence-electron chi connectivity index (χ0n) is 9.87. The Morgan fingerprint density at radius 2 is 1.83 bits per heavy atom. The molecule has 0 saturated heterocycles. The molecule has 0 fully saturated rings. The van der Waals surface area contributed by atoms with Crippen molar-refractivity contribution in [3.8, 4) is 0 Å². The number of hydrogen-bond donors (Lipinski definition) is 2. The average Bonchev–Trinajstić information content (AvgIpc) is 2.81. The molecule has 18 heavy (non-hydrogen) atoms. The van der Waals surface area contributed by atoms with Crippen molar-refractivity contribution in [2.45, 2.75) is 0 Å². The highest BCUT2D eigenvalue weighted by Crippen LogP contribution is 2.19. The molecule has 96 valence electrons. The number of furan rings is 1. The number of benzene rings is 1. The van der Waals surface area contributed by atoms with Gasteiger partial charge in [0, 0.05) is 18.5 Å². The van der Waals surface area contributed by atoms with Crippen LogP contribution in [0.5, 0.6) is 0 Å². The van der Waals surface area contributed by atoms with E-state index in [1.54, 1.807) is 12.1 Å². The van der Waals surface area contributed by atoms with Crippen LogP contribution in [0.4, 0.5) is 0 Å². The summed E-state index contributed by atoms with van der Waals surface area (Å²) in [6, 6.07) is 9.01. The van der Waals surface area contributed by atoms with E-state index >= 15 is 0 Å². The second kappa shape index (κ2) is 5.66. The van der Waals surface area contributed by atoms with E-state index in [0.29, 0.717) is 5.58 Å². The van der Waals surface area contributed by atoms with Gasteiger partial charge in [-0.25, -0.2) is 0 Å². The van der Waals surface area contributed by atoms with E-state index in [1.165, 1.54) is 4.90 Å². The molecule has 0 atom stereocenters. The van der Waals surface area contributed by atoms with E-state index in [1.807, 2.05) is 18.2 Å². The maximum Gasteiger partial charge on any atom is 0.289 e. The summed E-state index contributed by atoms with van der Waals surface area (Å²) in [6.45, 7) is 0.0603. The summed E-state index contributed by atoms with van der Waals surface area (Å²) in [5.41, 5.74) is 0.647. The molecule has 5 nitrogen and oxygen atoms in total. The molecule has 0 saturated carbocycles. The first kappa shape index (κ1) is 12.6. The average molecular weight is 249 g/mol. The first-order valence-electron chi connectivity index (χ1n) is 5.76. The van der Waals surface area contributed by atoms with E-state index in [9.17, 15) is 4.79 Å². The molecule has 0 aliphatic carbocycles. The van der Waals surface area contributed by atoms with Gasteiger partial charge in [-0.15, -0.1) is 0 Å². The minimum atomic E-state index is -0.325. The minimum absolute atomic E-state index is 0.147. The Balaban J connectivity index is 2.25. The van der Waals surface area contributed by atoms with Crippen molar-refractivity contribution in [1.29, 1.82) is 0 Å². The molecular weight excluding hydrogens is 234 g/mol. The molecule has 0 bridgehead atoms. The SMILES string of the molecule is O=C(c1cc2ccccc2o1)N(CCO)CCO. The highest BCUT2D eigenvalue weighted by molar-refractivity contribution is 5.96. The van der Waals surface area contributed by atoms with Gasteiger partial charge in [-0.05, 0) is 12.1 Å². The van der Waals surface area contributed by atoms with E-state index in [-0.39, 0.29) is 38.0 Å². The number of amides is 1. The summed E-state index contributed by atoms with van der Waals surface area (Å²) in [6.07, 6.45) is 0. The Labute approximate surface area is 104 Å². The number of fused-ring (bicyclic) bond motifs is 1. The molecule has 5 heteroatoms. The Bertz CT molecular complexity index is 496. The summed E-state index contributed by atoms with van der Waals surface area (Å²) in [5, 5.41) is 18.6. The van der Waals surface area contributed by atoms with Crippen LogP contribution in [0.1, 0.15) is 10.6 Å². The van der Waals surface area contributed by atoms with Crippen LogP contribution in [0, 0.1) is 0 Å². The predicted molar refractivity (Wildman–Crippen MR) is 66.3 cm³/mol. The summed E-state index contributed by atoms with van der Waals surface area (Å²) >= 11 is 0. The maximum absolute atomic E-state index is 12.1. The quantitative estimate of drug-likeness (QED) is 0.824. The lowest BCUT2D eigenvalue weighted by atomic mass is 10.2. The second-order valence-corrected chi connectivity index (χ2v) is 3.89. The predicted octanol–water partition coefficient (Wildman–Crippen LogP) is 0.860. The van der Waals surface area contributed by atoms with Gasteiger partial charge in [-0.2, -0.15) is 0 Å².